The zero-order valence-corrected chi connectivity index (χ0v) is 9.33. The van der Waals surface area contributed by atoms with Crippen molar-refractivity contribution in [2.45, 2.75) is 0 Å². The maximum Gasteiger partial charge on any atom is 0.366 e. The molecule has 0 atom stereocenters. The summed E-state index contributed by atoms with van der Waals surface area (Å²) in [5.74, 6) is -0.278. The normalized spacial score (nSPS) is 9.80. The molecule has 6 nitrogen and oxygen atoms in total. The lowest BCUT2D eigenvalue weighted by atomic mass is 10.3. The molecule has 0 saturated carbocycles. The lowest BCUT2D eigenvalue weighted by molar-refractivity contribution is -0.381. The molecule has 0 N–H and O–H groups in total. The van der Waals surface area contributed by atoms with Crippen molar-refractivity contribution in [3.05, 3.63) is 21.1 Å². The number of ether oxygens (including phenoxy) is 1. The number of hydrogen-bond acceptors (Lipinski definition) is 5. The van der Waals surface area contributed by atoms with Gasteiger partial charge in [-0.15, -0.1) is 0 Å². The summed E-state index contributed by atoms with van der Waals surface area (Å²) in [5, 5.41) is 11.9. The van der Waals surface area contributed by atoms with Gasteiger partial charge in [0.1, 0.15) is 0 Å². The molecule has 0 saturated heterocycles. The Morgan fingerprint density at radius 3 is 2.60 bits per heavy atom. The second-order valence-corrected chi connectivity index (χ2v) is 3.80. The fourth-order valence-electron chi connectivity index (χ4n) is 1.05. The number of hydrogen-bond donors (Lipinski definition) is 0. The third-order valence-electron chi connectivity index (χ3n) is 1.73. The van der Waals surface area contributed by atoms with Crippen molar-refractivity contribution in [1.29, 1.82) is 0 Å². The molecule has 0 spiro atoms. The summed E-state index contributed by atoms with van der Waals surface area (Å²) in [7, 11) is 4.46. The van der Waals surface area contributed by atoms with Crippen LogP contribution in [0.5, 0.6) is 5.75 Å². The van der Waals surface area contributed by atoms with Gasteiger partial charge >= 0.3 is 5.00 Å². The molecule has 0 aliphatic rings. The third kappa shape index (κ3) is 2.07. The van der Waals surface area contributed by atoms with Crippen LogP contribution in [-0.4, -0.2) is 36.9 Å². The summed E-state index contributed by atoms with van der Waals surface area (Å²) in [6.07, 6.45) is 0. The molecule has 0 bridgehead atoms. The summed E-state index contributed by atoms with van der Waals surface area (Å²) >= 11 is 0.883. The Morgan fingerprint density at radius 1 is 1.60 bits per heavy atom. The van der Waals surface area contributed by atoms with Crippen molar-refractivity contribution >= 4 is 22.2 Å². The highest BCUT2D eigenvalue weighted by Gasteiger charge is 2.26. The van der Waals surface area contributed by atoms with Gasteiger partial charge in [0.2, 0.25) is 5.75 Å². The van der Waals surface area contributed by atoms with Crippen molar-refractivity contribution in [2.24, 2.45) is 0 Å². The average molecular weight is 230 g/mol. The first-order valence-electron chi connectivity index (χ1n) is 4.00. The highest BCUT2D eigenvalue weighted by atomic mass is 32.1. The highest BCUT2D eigenvalue weighted by Crippen LogP contribution is 2.37. The first kappa shape index (κ1) is 11.4. The monoisotopic (exact) mass is 230 g/mol. The van der Waals surface area contributed by atoms with Crippen LogP contribution in [0, 0.1) is 10.1 Å². The average Bonchev–Trinajstić information content (AvgIpc) is 2.59. The number of carbonyl (C=O) groups excluding carboxylic acids is 1. The summed E-state index contributed by atoms with van der Waals surface area (Å²) in [6.45, 7) is 0. The van der Waals surface area contributed by atoms with E-state index >= 15 is 0 Å². The van der Waals surface area contributed by atoms with Gasteiger partial charge in [-0.05, 0) is 0 Å². The van der Waals surface area contributed by atoms with E-state index in [0.29, 0.717) is 0 Å². The van der Waals surface area contributed by atoms with Gasteiger partial charge in [-0.25, -0.2) is 0 Å². The fraction of sp³-hybridized carbons (Fsp3) is 0.375. The number of carbonyl (C=O) groups is 1. The minimum absolute atomic E-state index is 0.0312. The molecule has 0 aliphatic heterocycles. The molecular weight excluding hydrogens is 220 g/mol. The Bertz CT molecular complexity index is 399. The van der Waals surface area contributed by atoms with Crippen molar-refractivity contribution in [2.75, 3.05) is 21.2 Å². The zero-order chi connectivity index (χ0) is 11.6. The number of nitrogens with zero attached hydrogens (tertiary/aromatic N) is 2. The third-order valence-corrected chi connectivity index (χ3v) is 2.65. The van der Waals surface area contributed by atoms with Crippen LogP contribution in [0.25, 0.3) is 0 Å². The quantitative estimate of drug-likeness (QED) is 0.580. The molecule has 1 aromatic heterocycles. The summed E-state index contributed by atoms with van der Waals surface area (Å²) < 4.78 is 4.87. The SMILES string of the molecule is COc1c(C(=O)N(C)C)csc1[N+](=O)[O-]. The van der Waals surface area contributed by atoms with Crippen molar-refractivity contribution in [3.8, 4) is 5.75 Å². The van der Waals surface area contributed by atoms with E-state index < -0.39 is 4.92 Å². The molecule has 1 aromatic rings. The Morgan fingerprint density at radius 2 is 2.20 bits per heavy atom. The maximum atomic E-state index is 11.6. The maximum absolute atomic E-state index is 11.6. The molecule has 82 valence electrons. The molecule has 7 heteroatoms. The molecule has 0 fully saturated rings. The van der Waals surface area contributed by atoms with E-state index in [1.807, 2.05) is 0 Å². The molecule has 0 aromatic carbocycles. The van der Waals surface area contributed by atoms with Crippen LogP contribution in [-0.2, 0) is 0 Å². The molecule has 1 rings (SSSR count). The van der Waals surface area contributed by atoms with Crippen LogP contribution in [0.15, 0.2) is 5.38 Å². The Hall–Kier alpha value is -1.63. The molecule has 1 heterocycles. The summed E-state index contributed by atoms with van der Waals surface area (Å²) in [6, 6.07) is 0. The van der Waals surface area contributed by atoms with E-state index in [1.165, 1.54) is 17.4 Å². The van der Waals surface area contributed by atoms with Crippen LogP contribution >= 0.6 is 11.3 Å². The van der Waals surface area contributed by atoms with Crippen LogP contribution in [0.1, 0.15) is 10.4 Å². The second-order valence-electron chi connectivity index (χ2n) is 2.94. The van der Waals surface area contributed by atoms with Gasteiger partial charge in [0, 0.05) is 19.5 Å². The largest absolute Gasteiger partial charge is 0.489 e. The highest BCUT2D eigenvalue weighted by molar-refractivity contribution is 7.14. The van der Waals surface area contributed by atoms with E-state index in [9.17, 15) is 14.9 Å². The predicted octanol–water partition coefficient (Wildman–Crippen LogP) is 1.37. The standard InChI is InChI=1S/C8H10N2O4S/c1-9(2)7(11)5-4-15-8(10(12)13)6(5)14-3/h4H,1-3H3. The van der Waals surface area contributed by atoms with E-state index in [2.05, 4.69) is 0 Å². The predicted molar refractivity (Wildman–Crippen MR) is 55.5 cm³/mol. The molecule has 1 amide bonds. The molecule has 15 heavy (non-hydrogen) atoms. The van der Waals surface area contributed by atoms with Crippen molar-refractivity contribution in [1.82, 2.24) is 4.90 Å². The van der Waals surface area contributed by atoms with Crippen LogP contribution < -0.4 is 4.74 Å². The minimum atomic E-state index is -0.560. The van der Waals surface area contributed by atoms with Crippen molar-refractivity contribution < 1.29 is 14.5 Å². The van der Waals surface area contributed by atoms with E-state index in [0.717, 1.165) is 11.3 Å². The van der Waals surface area contributed by atoms with Gasteiger partial charge in [0.15, 0.2) is 0 Å². The lowest BCUT2D eigenvalue weighted by Crippen LogP contribution is -2.21. The minimum Gasteiger partial charge on any atom is -0.489 e. The summed E-state index contributed by atoms with van der Waals surface area (Å²) in [5.41, 5.74) is 0.221. The number of amides is 1. The van der Waals surface area contributed by atoms with Crippen LogP contribution in [0.2, 0.25) is 0 Å². The van der Waals surface area contributed by atoms with Gasteiger partial charge in [0.25, 0.3) is 5.91 Å². The van der Waals surface area contributed by atoms with Crippen LogP contribution in [0.3, 0.4) is 0 Å². The number of nitro groups is 1. The molecular formula is C8H10N2O4S. The Labute approximate surface area is 90.2 Å². The zero-order valence-electron chi connectivity index (χ0n) is 8.51. The molecule has 0 unspecified atom stereocenters. The lowest BCUT2D eigenvalue weighted by Gasteiger charge is -2.09. The molecule has 0 radical (unpaired) electrons. The van der Waals surface area contributed by atoms with Crippen molar-refractivity contribution in [3.63, 3.8) is 0 Å². The van der Waals surface area contributed by atoms with E-state index in [4.69, 9.17) is 4.74 Å². The Balaban J connectivity index is 3.21. The van der Waals surface area contributed by atoms with Gasteiger partial charge in [-0.2, -0.15) is 0 Å². The van der Waals surface area contributed by atoms with Crippen LogP contribution in [0.4, 0.5) is 5.00 Å². The first-order chi connectivity index (χ1) is 6.99. The van der Waals surface area contributed by atoms with Gasteiger partial charge in [-0.3, -0.25) is 14.9 Å². The number of thiophene rings is 1. The van der Waals surface area contributed by atoms with E-state index in [-0.39, 0.29) is 22.2 Å². The number of methoxy groups -OCH3 is 1. The summed E-state index contributed by atoms with van der Waals surface area (Å²) in [4.78, 5) is 23.0. The molecule has 0 aliphatic carbocycles. The van der Waals surface area contributed by atoms with Gasteiger partial charge in [-0.1, -0.05) is 11.3 Å². The fourth-order valence-corrected chi connectivity index (χ4v) is 1.87. The Kier molecular flexibility index (Phi) is 3.25. The van der Waals surface area contributed by atoms with Gasteiger partial charge < -0.3 is 9.64 Å². The first-order valence-corrected chi connectivity index (χ1v) is 4.88. The number of rotatable bonds is 3. The van der Waals surface area contributed by atoms with Gasteiger partial charge in [0.05, 0.1) is 17.6 Å². The topological polar surface area (TPSA) is 72.7 Å². The second kappa shape index (κ2) is 4.26. The van der Waals surface area contributed by atoms with E-state index in [1.54, 1.807) is 14.1 Å². The smallest absolute Gasteiger partial charge is 0.366 e.